The Kier molecular flexibility index (Phi) is 8.31. The smallest absolute Gasteiger partial charge is 0.320 e. The summed E-state index contributed by atoms with van der Waals surface area (Å²) in [6.45, 7) is 8.53. The van der Waals surface area contributed by atoms with Crippen LogP contribution in [0.5, 0.6) is 0 Å². The van der Waals surface area contributed by atoms with Gasteiger partial charge >= 0.3 is 11.9 Å². The molecule has 1 amide bonds. The van der Waals surface area contributed by atoms with Crippen LogP contribution in [0.15, 0.2) is 0 Å². The van der Waals surface area contributed by atoms with Crippen molar-refractivity contribution in [3.8, 4) is 0 Å². The summed E-state index contributed by atoms with van der Waals surface area (Å²) in [5.74, 6) is -2.58. The molecule has 1 fully saturated rings. The molecule has 0 bridgehead atoms. The van der Waals surface area contributed by atoms with Gasteiger partial charge < -0.3 is 20.5 Å². The lowest BCUT2D eigenvalue weighted by Gasteiger charge is -2.36. The molecular formula is C17H31N3O5. The molecule has 1 aliphatic heterocycles. The van der Waals surface area contributed by atoms with Crippen LogP contribution < -0.4 is 5.73 Å². The van der Waals surface area contributed by atoms with Crippen molar-refractivity contribution >= 4 is 17.8 Å². The lowest BCUT2D eigenvalue weighted by molar-refractivity contribution is -0.164. The number of nitrogens with two attached hydrogens (primary N) is 1. The molecule has 1 atom stereocenters. The summed E-state index contributed by atoms with van der Waals surface area (Å²) >= 11 is 0. The number of hydrogen-bond acceptors (Lipinski definition) is 6. The molecule has 0 aromatic carbocycles. The van der Waals surface area contributed by atoms with E-state index in [1.165, 1.54) is 0 Å². The van der Waals surface area contributed by atoms with Crippen LogP contribution in [0.3, 0.4) is 0 Å². The highest BCUT2D eigenvalue weighted by Crippen LogP contribution is 2.14. The predicted molar refractivity (Wildman–Crippen MR) is 92.9 cm³/mol. The molecule has 0 aromatic heterocycles. The number of unbranched alkanes of at least 4 members (excludes halogenated alkanes) is 1. The molecule has 144 valence electrons. The van der Waals surface area contributed by atoms with E-state index in [1.54, 1.807) is 25.7 Å². The number of hydrogen-bond donors (Lipinski definition) is 2. The number of ether oxygens (including phenoxy) is 1. The van der Waals surface area contributed by atoms with E-state index >= 15 is 0 Å². The average molecular weight is 357 g/mol. The van der Waals surface area contributed by atoms with Crippen molar-refractivity contribution in [2.45, 2.75) is 45.6 Å². The molecule has 0 aliphatic carbocycles. The Bertz CT molecular complexity index is 467. The molecule has 0 aromatic rings. The van der Waals surface area contributed by atoms with Crippen LogP contribution in [0.1, 0.15) is 40.0 Å². The fraction of sp³-hybridized carbons (Fsp3) is 0.824. The van der Waals surface area contributed by atoms with E-state index in [0.717, 1.165) is 13.0 Å². The largest absolute Gasteiger partial charge is 0.481 e. The molecule has 1 saturated heterocycles. The zero-order valence-corrected chi connectivity index (χ0v) is 15.5. The zero-order chi connectivity index (χ0) is 19.0. The van der Waals surface area contributed by atoms with Crippen LogP contribution in [-0.2, 0) is 19.1 Å². The van der Waals surface area contributed by atoms with Crippen molar-refractivity contribution in [1.29, 1.82) is 0 Å². The van der Waals surface area contributed by atoms with Crippen molar-refractivity contribution in [2.24, 2.45) is 11.7 Å². The number of carbonyl (C=O) groups is 3. The summed E-state index contributed by atoms with van der Waals surface area (Å²) in [5, 5.41) is 8.63. The summed E-state index contributed by atoms with van der Waals surface area (Å²) in [5.41, 5.74) is 4.97. The number of piperazine rings is 1. The maximum Gasteiger partial charge on any atom is 0.320 e. The summed E-state index contributed by atoms with van der Waals surface area (Å²) in [6.07, 6.45) is 1.67. The van der Waals surface area contributed by atoms with Gasteiger partial charge in [-0.1, -0.05) is 0 Å². The molecule has 0 saturated carbocycles. The fourth-order valence-corrected chi connectivity index (χ4v) is 2.69. The molecule has 0 spiro atoms. The number of esters is 1. The lowest BCUT2D eigenvalue weighted by Crippen LogP contribution is -2.53. The highest BCUT2D eigenvalue weighted by atomic mass is 16.6. The third kappa shape index (κ3) is 7.83. The van der Waals surface area contributed by atoms with Gasteiger partial charge in [0.15, 0.2) is 0 Å². The van der Waals surface area contributed by atoms with E-state index in [9.17, 15) is 14.4 Å². The van der Waals surface area contributed by atoms with Gasteiger partial charge in [0.2, 0.25) is 5.91 Å². The number of nitrogens with zero attached hydrogens (tertiary/aromatic N) is 2. The van der Waals surface area contributed by atoms with Gasteiger partial charge in [-0.25, -0.2) is 0 Å². The van der Waals surface area contributed by atoms with Gasteiger partial charge in [0.25, 0.3) is 0 Å². The first-order valence-electron chi connectivity index (χ1n) is 8.80. The summed E-state index contributed by atoms with van der Waals surface area (Å²) in [6, 6.07) is 0. The third-order valence-corrected chi connectivity index (χ3v) is 4.02. The van der Waals surface area contributed by atoms with Gasteiger partial charge in [0.1, 0.15) is 11.5 Å². The molecule has 8 nitrogen and oxygen atoms in total. The van der Waals surface area contributed by atoms with Crippen LogP contribution in [-0.4, -0.2) is 77.6 Å². The summed E-state index contributed by atoms with van der Waals surface area (Å²) in [7, 11) is 0. The Labute approximate surface area is 149 Å². The number of amides is 1. The standard InChI is InChI=1S/C17H31N3O5/c1-17(2,3)25-16(24)13(12-18)15(23)20-10-8-19(9-11-20)7-5-4-6-14(21)22/h13H,4-12,18H2,1-3H3,(H,21,22)/t13-/m0/s1. The van der Waals surface area contributed by atoms with Crippen molar-refractivity contribution < 1.29 is 24.2 Å². The fourth-order valence-electron chi connectivity index (χ4n) is 2.69. The van der Waals surface area contributed by atoms with E-state index in [2.05, 4.69) is 4.90 Å². The second-order valence-corrected chi connectivity index (χ2v) is 7.34. The van der Waals surface area contributed by atoms with E-state index < -0.39 is 23.5 Å². The number of carbonyl (C=O) groups excluding carboxylic acids is 2. The van der Waals surface area contributed by atoms with Gasteiger partial charge in [-0.15, -0.1) is 0 Å². The minimum atomic E-state index is -0.957. The number of carboxylic acid groups (broad SMARTS) is 1. The molecule has 1 rings (SSSR count). The molecule has 3 N–H and O–H groups in total. The number of aliphatic carboxylic acids is 1. The van der Waals surface area contributed by atoms with E-state index in [0.29, 0.717) is 32.6 Å². The molecular weight excluding hydrogens is 326 g/mol. The van der Waals surface area contributed by atoms with Crippen molar-refractivity contribution in [3.05, 3.63) is 0 Å². The van der Waals surface area contributed by atoms with Gasteiger partial charge in [-0.2, -0.15) is 0 Å². The van der Waals surface area contributed by atoms with Crippen LogP contribution in [0.2, 0.25) is 0 Å². The second kappa shape index (κ2) is 9.72. The van der Waals surface area contributed by atoms with Gasteiger partial charge in [0.05, 0.1) is 0 Å². The van der Waals surface area contributed by atoms with Crippen molar-refractivity contribution in [1.82, 2.24) is 9.80 Å². The van der Waals surface area contributed by atoms with Crippen molar-refractivity contribution in [3.63, 3.8) is 0 Å². The van der Waals surface area contributed by atoms with E-state index in [4.69, 9.17) is 15.6 Å². The Morgan fingerprint density at radius 2 is 1.72 bits per heavy atom. The van der Waals surface area contributed by atoms with Crippen LogP contribution in [0.4, 0.5) is 0 Å². The maximum atomic E-state index is 12.6. The van der Waals surface area contributed by atoms with Gasteiger partial charge in [0, 0.05) is 39.1 Å². The molecule has 25 heavy (non-hydrogen) atoms. The first-order valence-corrected chi connectivity index (χ1v) is 8.80. The Hall–Kier alpha value is -1.67. The van der Waals surface area contributed by atoms with E-state index in [1.807, 2.05) is 0 Å². The normalized spacial score (nSPS) is 17.2. The average Bonchev–Trinajstić information content (AvgIpc) is 2.50. The minimum absolute atomic E-state index is 0.0663. The second-order valence-electron chi connectivity index (χ2n) is 7.34. The summed E-state index contributed by atoms with van der Waals surface area (Å²) in [4.78, 5) is 39.1. The molecule has 1 aliphatic rings. The molecule has 1 heterocycles. The topological polar surface area (TPSA) is 113 Å². The highest BCUT2D eigenvalue weighted by molar-refractivity contribution is 5.98. The quantitative estimate of drug-likeness (QED) is 0.365. The first-order chi connectivity index (χ1) is 11.6. The molecule has 0 unspecified atom stereocenters. The van der Waals surface area contributed by atoms with Gasteiger partial charge in [-0.05, 0) is 40.2 Å². The first kappa shape index (κ1) is 21.4. The van der Waals surface area contributed by atoms with Crippen LogP contribution >= 0.6 is 0 Å². The Balaban J connectivity index is 2.42. The Morgan fingerprint density at radius 3 is 2.20 bits per heavy atom. The molecule has 8 heteroatoms. The van der Waals surface area contributed by atoms with Crippen LogP contribution in [0.25, 0.3) is 0 Å². The maximum absolute atomic E-state index is 12.6. The molecule has 0 radical (unpaired) electrons. The Morgan fingerprint density at radius 1 is 1.12 bits per heavy atom. The zero-order valence-electron chi connectivity index (χ0n) is 15.5. The minimum Gasteiger partial charge on any atom is -0.481 e. The van der Waals surface area contributed by atoms with E-state index in [-0.39, 0.29) is 18.9 Å². The number of rotatable bonds is 8. The third-order valence-electron chi connectivity index (χ3n) is 4.02. The lowest BCUT2D eigenvalue weighted by atomic mass is 10.1. The van der Waals surface area contributed by atoms with Gasteiger partial charge in [-0.3, -0.25) is 19.3 Å². The predicted octanol–water partition coefficient (Wildman–Crippen LogP) is 0.302. The highest BCUT2D eigenvalue weighted by Gasteiger charge is 2.34. The van der Waals surface area contributed by atoms with Crippen LogP contribution in [0, 0.1) is 5.92 Å². The monoisotopic (exact) mass is 357 g/mol. The SMILES string of the molecule is CC(C)(C)OC(=O)[C@@H](CN)C(=O)N1CCN(CCCCC(=O)O)CC1. The van der Waals surface area contributed by atoms with Crippen molar-refractivity contribution in [2.75, 3.05) is 39.3 Å². The summed E-state index contributed by atoms with van der Waals surface area (Å²) < 4.78 is 5.28. The number of carboxylic acids is 1.